The fourth-order valence-corrected chi connectivity index (χ4v) is 3.14. The third-order valence-corrected chi connectivity index (χ3v) is 4.91. The van der Waals surface area contributed by atoms with Crippen LogP contribution in [0.25, 0.3) is 11.5 Å². The quantitative estimate of drug-likeness (QED) is 0.215. The number of halogens is 1. The van der Waals surface area contributed by atoms with Crippen molar-refractivity contribution in [1.29, 1.82) is 0 Å². The lowest BCUT2D eigenvalue weighted by molar-refractivity contribution is -0.131. The van der Waals surface area contributed by atoms with Crippen LogP contribution in [0, 0.1) is 5.82 Å². The van der Waals surface area contributed by atoms with Crippen molar-refractivity contribution in [2.45, 2.75) is 11.8 Å². The molecule has 3 aromatic carbocycles. The average molecular weight is 436 g/mol. The molecule has 4 rings (SSSR count). The maximum atomic E-state index is 13.0. The van der Waals surface area contributed by atoms with Crippen LogP contribution in [0.1, 0.15) is 5.56 Å². The summed E-state index contributed by atoms with van der Waals surface area (Å²) in [6.07, 6.45) is 0. The van der Waals surface area contributed by atoms with E-state index in [9.17, 15) is 9.18 Å². The van der Waals surface area contributed by atoms with Crippen LogP contribution in [0.5, 0.6) is 11.5 Å². The van der Waals surface area contributed by atoms with Gasteiger partial charge in [-0.1, -0.05) is 42.1 Å². The van der Waals surface area contributed by atoms with E-state index < -0.39 is 5.97 Å². The fraction of sp³-hybridized carbons (Fsp3) is 0.0870. The monoisotopic (exact) mass is 436 g/mol. The van der Waals surface area contributed by atoms with Crippen molar-refractivity contribution >= 4 is 17.7 Å². The lowest BCUT2D eigenvalue weighted by Gasteiger charge is -2.07. The SMILES string of the molecule is O=C(CSc1nnc(-c2ccc(F)cc2)o1)Oc1ccc(OCc2ccccc2)cc1. The van der Waals surface area contributed by atoms with Crippen molar-refractivity contribution in [2.75, 3.05) is 5.75 Å². The average Bonchev–Trinajstić information content (AvgIpc) is 3.28. The van der Waals surface area contributed by atoms with Gasteiger partial charge in [-0.15, -0.1) is 10.2 Å². The van der Waals surface area contributed by atoms with Gasteiger partial charge < -0.3 is 13.9 Å². The van der Waals surface area contributed by atoms with Crippen LogP contribution in [0.4, 0.5) is 4.39 Å². The number of nitrogens with zero attached hydrogens (tertiary/aromatic N) is 2. The number of rotatable bonds is 8. The second-order valence-corrected chi connectivity index (χ2v) is 7.32. The molecule has 1 heterocycles. The maximum Gasteiger partial charge on any atom is 0.321 e. The number of thioether (sulfide) groups is 1. The van der Waals surface area contributed by atoms with E-state index in [-0.39, 0.29) is 22.7 Å². The Morgan fingerprint density at radius 1 is 0.903 bits per heavy atom. The van der Waals surface area contributed by atoms with Gasteiger partial charge in [0.05, 0.1) is 0 Å². The van der Waals surface area contributed by atoms with Gasteiger partial charge in [-0.3, -0.25) is 4.79 Å². The standard InChI is InChI=1S/C23H17FN2O4S/c24-18-8-6-17(7-9-18)22-25-26-23(30-22)31-15-21(27)29-20-12-10-19(11-13-20)28-14-16-4-2-1-3-5-16/h1-13H,14-15H2. The summed E-state index contributed by atoms with van der Waals surface area (Å²) in [5, 5.41) is 8.00. The van der Waals surface area contributed by atoms with Crippen LogP contribution >= 0.6 is 11.8 Å². The molecule has 0 fully saturated rings. The van der Waals surface area contributed by atoms with E-state index >= 15 is 0 Å². The molecule has 4 aromatic rings. The van der Waals surface area contributed by atoms with Gasteiger partial charge >= 0.3 is 5.97 Å². The highest BCUT2D eigenvalue weighted by atomic mass is 32.2. The summed E-state index contributed by atoms with van der Waals surface area (Å²) >= 11 is 1.06. The molecule has 156 valence electrons. The molecular weight excluding hydrogens is 419 g/mol. The fourth-order valence-electron chi connectivity index (χ4n) is 2.60. The van der Waals surface area contributed by atoms with E-state index in [1.807, 2.05) is 30.3 Å². The predicted molar refractivity (Wildman–Crippen MR) is 113 cm³/mol. The second-order valence-electron chi connectivity index (χ2n) is 6.39. The number of benzene rings is 3. The number of aromatic nitrogens is 2. The molecule has 0 saturated carbocycles. The van der Waals surface area contributed by atoms with Gasteiger partial charge in [0.25, 0.3) is 5.22 Å². The van der Waals surface area contributed by atoms with Crippen LogP contribution in [0.15, 0.2) is 88.5 Å². The number of hydrogen-bond donors (Lipinski definition) is 0. The highest BCUT2D eigenvalue weighted by Gasteiger charge is 2.13. The van der Waals surface area contributed by atoms with Crippen LogP contribution in [-0.4, -0.2) is 21.9 Å². The van der Waals surface area contributed by atoms with Gasteiger partial charge in [0.15, 0.2) is 0 Å². The smallest absolute Gasteiger partial charge is 0.321 e. The lowest BCUT2D eigenvalue weighted by atomic mass is 10.2. The molecule has 0 saturated heterocycles. The Bertz CT molecular complexity index is 1130. The van der Waals surface area contributed by atoms with Gasteiger partial charge in [0.1, 0.15) is 29.7 Å². The summed E-state index contributed by atoms with van der Waals surface area (Å²) in [6, 6.07) is 22.4. The topological polar surface area (TPSA) is 74.5 Å². The summed E-state index contributed by atoms with van der Waals surface area (Å²) in [6.45, 7) is 0.459. The Balaban J connectivity index is 1.25. The molecule has 0 aliphatic carbocycles. The second kappa shape index (κ2) is 9.90. The van der Waals surface area contributed by atoms with Crippen molar-refractivity contribution in [3.63, 3.8) is 0 Å². The molecule has 0 amide bonds. The molecule has 1 aromatic heterocycles. The summed E-state index contributed by atoms with van der Waals surface area (Å²) in [5.74, 6) is 0.535. The Labute approximate surface area is 182 Å². The normalized spacial score (nSPS) is 10.6. The number of carbonyl (C=O) groups is 1. The Kier molecular flexibility index (Phi) is 6.59. The first-order chi connectivity index (χ1) is 15.2. The first-order valence-electron chi connectivity index (χ1n) is 9.35. The number of esters is 1. The van der Waals surface area contributed by atoms with Crippen molar-refractivity contribution in [2.24, 2.45) is 0 Å². The van der Waals surface area contributed by atoms with Crippen LogP contribution in [-0.2, 0) is 11.4 Å². The molecule has 0 atom stereocenters. The molecular formula is C23H17FN2O4S. The highest BCUT2D eigenvalue weighted by Crippen LogP contribution is 2.24. The largest absolute Gasteiger partial charge is 0.489 e. The molecule has 0 N–H and O–H groups in total. The van der Waals surface area contributed by atoms with Crippen LogP contribution in [0.3, 0.4) is 0 Å². The van der Waals surface area contributed by atoms with Crippen molar-refractivity contribution in [3.8, 4) is 23.0 Å². The molecule has 0 radical (unpaired) electrons. The lowest BCUT2D eigenvalue weighted by Crippen LogP contribution is -2.10. The minimum absolute atomic E-state index is 0.00267. The van der Waals surface area contributed by atoms with Crippen molar-refractivity contribution < 1.29 is 23.1 Å². The molecule has 0 spiro atoms. The number of carbonyl (C=O) groups excluding carboxylic acids is 1. The zero-order valence-corrected chi connectivity index (χ0v) is 17.0. The van der Waals surface area contributed by atoms with Gasteiger partial charge in [0.2, 0.25) is 5.89 Å². The van der Waals surface area contributed by atoms with E-state index in [2.05, 4.69) is 10.2 Å². The maximum absolute atomic E-state index is 13.0. The molecule has 0 unspecified atom stereocenters. The summed E-state index contributed by atoms with van der Waals surface area (Å²) in [4.78, 5) is 12.1. The third-order valence-electron chi connectivity index (χ3n) is 4.11. The minimum atomic E-state index is -0.454. The van der Waals surface area contributed by atoms with Gasteiger partial charge in [-0.25, -0.2) is 4.39 Å². The van der Waals surface area contributed by atoms with Crippen molar-refractivity contribution in [1.82, 2.24) is 10.2 Å². The molecule has 0 aliphatic heterocycles. The highest BCUT2D eigenvalue weighted by molar-refractivity contribution is 7.99. The van der Waals surface area contributed by atoms with Gasteiger partial charge in [-0.05, 0) is 54.1 Å². The number of hydrogen-bond acceptors (Lipinski definition) is 7. The molecule has 0 bridgehead atoms. The zero-order chi connectivity index (χ0) is 21.5. The first-order valence-corrected chi connectivity index (χ1v) is 10.3. The van der Waals surface area contributed by atoms with Crippen molar-refractivity contribution in [3.05, 3.63) is 90.2 Å². The summed E-state index contributed by atoms with van der Waals surface area (Å²) in [5.41, 5.74) is 1.66. The molecule has 0 aliphatic rings. The van der Waals surface area contributed by atoms with Crippen LogP contribution in [0.2, 0.25) is 0 Å². The van der Waals surface area contributed by atoms with Gasteiger partial charge in [-0.2, -0.15) is 0 Å². The Hall–Kier alpha value is -3.65. The van der Waals surface area contributed by atoms with Crippen LogP contribution < -0.4 is 9.47 Å². The zero-order valence-electron chi connectivity index (χ0n) is 16.2. The summed E-state index contributed by atoms with van der Waals surface area (Å²) < 4.78 is 29.5. The van der Waals surface area contributed by atoms with E-state index in [4.69, 9.17) is 13.9 Å². The minimum Gasteiger partial charge on any atom is -0.489 e. The molecule has 6 nitrogen and oxygen atoms in total. The Morgan fingerprint density at radius 2 is 1.61 bits per heavy atom. The van der Waals surface area contributed by atoms with E-state index in [0.29, 0.717) is 23.7 Å². The van der Waals surface area contributed by atoms with Gasteiger partial charge in [0, 0.05) is 5.56 Å². The predicted octanol–water partition coefficient (Wildman–Crippen LogP) is 5.15. The third kappa shape index (κ3) is 5.93. The molecule has 31 heavy (non-hydrogen) atoms. The van der Waals surface area contributed by atoms with E-state index in [1.54, 1.807) is 36.4 Å². The Morgan fingerprint density at radius 3 is 2.35 bits per heavy atom. The van der Waals surface area contributed by atoms with E-state index in [1.165, 1.54) is 12.1 Å². The number of ether oxygens (including phenoxy) is 2. The first kappa shape index (κ1) is 20.6. The molecule has 8 heteroatoms. The summed E-state index contributed by atoms with van der Waals surface area (Å²) in [7, 11) is 0. The van der Waals surface area contributed by atoms with E-state index in [0.717, 1.165) is 17.3 Å².